The van der Waals surface area contributed by atoms with Crippen LogP contribution in [-0.4, -0.2) is 105 Å². The van der Waals surface area contributed by atoms with Crippen LogP contribution in [0.4, 0.5) is 38.0 Å². The van der Waals surface area contributed by atoms with Crippen molar-refractivity contribution in [3.63, 3.8) is 0 Å². The van der Waals surface area contributed by atoms with Crippen LogP contribution in [0.2, 0.25) is 25.7 Å². The number of nitrogens with zero attached hydrogens (tertiary/aromatic N) is 9. The summed E-state index contributed by atoms with van der Waals surface area (Å²) in [4.78, 5) is 50.0. The molecule has 0 aromatic carbocycles. The number of halogens is 6. The third kappa shape index (κ3) is 9.46. The Balaban J connectivity index is 0.000000171. The van der Waals surface area contributed by atoms with Crippen LogP contribution >= 0.6 is 0 Å². The van der Waals surface area contributed by atoms with E-state index in [0.29, 0.717) is 56.3 Å². The summed E-state index contributed by atoms with van der Waals surface area (Å²) < 4.78 is 93.2. The second-order valence-corrected chi connectivity index (χ2v) is 24.3. The van der Waals surface area contributed by atoms with Gasteiger partial charge in [0.1, 0.15) is 42.3 Å². The lowest BCUT2D eigenvalue weighted by molar-refractivity contribution is -0.134. The highest BCUT2D eigenvalue weighted by Crippen LogP contribution is 2.54. The summed E-state index contributed by atoms with van der Waals surface area (Å²) in [5, 5.41) is 14.6. The topological polar surface area (TPSA) is 198 Å². The summed E-state index contributed by atoms with van der Waals surface area (Å²) in [6, 6.07) is 4.92. The second kappa shape index (κ2) is 17.0. The number of aromatic nitrogens is 8. The van der Waals surface area contributed by atoms with E-state index < -0.39 is 58.2 Å². The number of carbonyl (C=O) groups is 2. The quantitative estimate of drug-likeness (QED) is 0.0600. The fourth-order valence-corrected chi connectivity index (χ4v) is 9.42. The van der Waals surface area contributed by atoms with Gasteiger partial charge in [-0.25, -0.2) is 19.9 Å². The first-order valence-electron chi connectivity index (χ1n) is 21.7. The molecule has 17 nitrogen and oxygen atoms in total. The minimum Gasteiger partial charge on any atom is -0.361 e. The SMILES string of the molecule is C[Si](C)(C)CCOCn1ccc2c(N3Cc4c(noc4C(=O)NCCC(F)(F)F)C4(CC4)C3)ncnc21.O=C(NCCC(F)(F)F)c1onc2c1CN(c1ncnc3[nH]ccc13)CC21CC1. The molecule has 2 amide bonds. The monoisotopic (exact) mass is 942 g/mol. The van der Waals surface area contributed by atoms with Crippen molar-refractivity contribution in [2.24, 2.45) is 0 Å². The number of ether oxygens (including phenoxy) is 1. The van der Waals surface area contributed by atoms with Gasteiger partial charge in [-0.2, -0.15) is 26.3 Å². The number of hydrogen-bond acceptors (Lipinski definition) is 13. The molecule has 6 aromatic heterocycles. The van der Waals surface area contributed by atoms with E-state index in [-0.39, 0.29) is 22.4 Å². The zero-order chi connectivity index (χ0) is 46.6. The van der Waals surface area contributed by atoms with Crippen LogP contribution in [0.15, 0.2) is 46.2 Å². The maximum Gasteiger partial charge on any atom is 0.390 e. The average Bonchev–Trinajstić information content (AvgIpc) is 3.82. The van der Waals surface area contributed by atoms with Gasteiger partial charge in [-0.1, -0.05) is 30.0 Å². The summed E-state index contributed by atoms with van der Waals surface area (Å²) >= 11 is 0. The lowest BCUT2D eigenvalue weighted by Crippen LogP contribution is -2.39. The number of anilines is 2. The highest BCUT2D eigenvalue weighted by Gasteiger charge is 2.55. The molecule has 0 unspecified atom stereocenters. The number of alkyl halides is 6. The Bertz CT molecular complexity index is 2750. The normalized spacial score (nSPS) is 17.2. The molecule has 2 fully saturated rings. The second-order valence-electron chi connectivity index (χ2n) is 18.7. The zero-order valence-electron chi connectivity index (χ0n) is 36.4. The third-order valence-electron chi connectivity index (χ3n) is 12.5. The fourth-order valence-electron chi connectivity index (χ4n) is 8.66. The number of carbonyl (C=O) groups excluding carboxylic acids is 2. The molecule has 0 atom stereocenters. The highest BCUT2D eigenvalue weighted by atomic mass is 28.3. The summed E-state index contributed by atoms with van der Waals surface area (Å²) in [6.07, 6.45) is -0.612. The lowest BCUT2D eigenvalue weighted by Gasteiger charge is -2.33. The number of H-pyrrole nitrogens is 1. The number of rotatable bonds is 13. The Morgan fingerprint density at radius 1 is 0.773 bits per heavy atom. The molecular weight excluding hydrogens is 895 g/mol. The van der Waals surface area contributed by atoms with E-state index in [9.17, 15) is 35.9 Å². The Kier molecular flexibility index (Phi) is 11.6. The van der Waals surface area contributed by atoms with E-state index >= 15 is 0 Å². The minimum atomic E-state index is -4.35. The number of amides is 2. The van der Waals surface area contributed by atoms with E-state index in [1.807, 2.05) is 22.9 Å². The van der Waals surface area contributed by atoms with Gasteiger partial charge in [-0.15, -0.1) is 0 Å². The molecule has 66 heavy (non-hydrogen) atoms. The first-order valence-corrected chi connectivity index (χ1v) is 25.4. The van der Waals surface area contributed by atoms with Crippen molar-refractivity contribution in [2.45, 2.75) is 107 Å². The van der Waals surface area contributed by atoms with Crippen molar-refractivity contribution in [1.29, 1.82) is 0 Å². The van der Waals surface area contributed by atoms with Crippen molar-refractivity contribution in [3.8, 4) is 0 Å². The van der Waals surface area contributed by atoms with Gasteiger partial charge in [0.15, 0.2) is 0 Å². The maximum absolute atomic E-state index is 12.7. The van der Waals surface area contributed by atoms with E-state index in [4.69, 9.17) is 13.8 Å². The molecule has 10 rings (SSSR count). The fraction of sp³-hybridized carbons (Fsp3) is 0.524. The van der Waals surface area contributed by atoms with Gasteiger partial charge in [0.2, 0.25) is 11.5 Å². The van der Waals surface area contributed by atoms with E-state index in [0.717, 1.165) is 71.2 Å². The summed E-state index contributed by atoms with van der Waals surface area (Å²) in [5.41, 5.74) is 3.67. The number of hydrogen-bond donors (Lipinski definition) is 3. The Morgan fingerprint density at radius 2 is 1.30 bits per heavy atom. The first-order chi connectivity index (χ1) is 31.3. The molecule has 0 radical (unpaired) electrons. The summed E-state index contributed by atoms with van der Waals surface area (Å²) in [5.74, 6) is 0.0229. The van der Waals surface area contributed by atoms with Crippen molar-refractivity contribution < 1.29 is 49.7 Å². The average molecular weight is 943 g/mol. The third-order valence-corrected chi connectivity index (χ3v) is 14.2. The molecule has 0 bridgehead atoms. The van der Waals surface area contributed by atoms with Gasteiger partial charge in [0.25, 0.3) is 11.8 Å². The van der Waals surface area contributed by atoms with Gasteiger partial charge >= 0.3 is 12.4 Å². The molecule has 2 saturated carbocycles. The van der Waals surface area contributed by atoms with Crippen LogP contribution in [0.1, 0.15) is 82.1 Å². The first kappa shape index (κ1) is 45.1. The van der Waals surface area contributed by atoms with Crippen LogP contribution in [-0.2, 0) is 35.4 Å². The molecule has 2 aliphatic heterocycles. The maximum atomic E-state index is 12.7. The van der Waals surface area contributed by atoms with Gasteiger partial charge in [-0.3, -0.25) is 9.59 Å². The van der Waals surface area contributed by atoms with Gasteiger partial charge in [-0.05, 0) is 43.9 Å². The molecule has 2 aliphatic carbocycles. The van der Waals surface area contributed by atoms with Crippen LogP contribution in [0.5, 0.6) is 0 Å². The molecule has 2 spiro atoms. The van der Waals surface area contributed by atoms with Crippen LogP contribution < -0.4 is 20.4 Å². The molecule has 4 aliphatic rings. The Morgan fingerprint density at radius 3 is 1.82 bits per heavy atom. The van der Waals surface area contributed by atoms with Crippen molar-refractivity contribution in [2.75, 3.05) is 42.6 Å². The van der Waals surface area contributed by atoms with Crippen LogP contribution in [0, 0.1) is 0 Å². The Hall–Kier alpha value is -6.04. The highest BCUT2D eigenvalue weighted by molar-refractivity contribution is 6.76. The Labute approximate surface area is 374 Å². The molecule has 24 heteroatoms. The van der Waals surface area contributed by atoms with Crippen molar-refractivity contribution >= 4 is 53.6 Å². The largest absolute Gasteiger partial charge is 0.390 e. The molecular formula is C42H48F6N12O5Si. The summed E-state index contributed by atoms with van der Waals surface area (Å²) in [6.45, 7) is 8.98. The predicted molar refractivity (Wildman–Crippen MR) is 228 cm³/mol. The minimum absolute atomic E-state index is 0.0301. The van der Waals surface area contributed by atoms with Crippen LogP contribution in [0.3, 0.4) is 0 Å². The molecule has 6 aromatic rings. The standard InChI is InChI=1S/C24H31F3N6O3Si.C18H17F3N6O2/c1-37(2,3)11-10-35-15-32-9-4-16-20(32)29-14-30-21(16)33-12-17-18(22(34)28-8-7-24(25,26)27)36-31-19(17)23(13-33)5-6-23;19-18(20,21)4-6-23-16(28)12-11-7-27(8-17(2-3-17)13(11)26-29-12)15-10-1-5-22-14(10)24-9-25-15/h4,9,14H,5-8,10-13,15H2,1-3H3,(H,28,34);1,5,9H,2-4,6-8H2,(H,23,28)(H,22,24,25). The van der Waals surface area contributed by atoms with E-state index in [1.165, 1.54) is 12.7 Å². The van der Waals surface area contributed by atoms with E-state index in [1.54, 1.807) is 6.20 Å². The molecule has 3 N–H and O–H groups in total. The van der Waals surface area contributed by atoms with Gasteiger partial charge in [0, 0.05) is 75.2 Å². The lowest BCUT2D eigenvalue weighted by atomic mass is 9.92. The smallest absolute Gasteiger partial charge is 0.361 e. The predicted octanol–water partition coefficient (Wildman–Crippen LogP) is 7.15. The van der Waals surface area contributed by atoms with Crippen LogP contribution in [0.25, 0.3) is 22.1 Å². The number of nitrogens with one attached hydrogen (secondary N) is 3. The summed E-state index contributed by atoms with van der Waals surface area (Å²) in [7, 11) is -1.18. The van der Waals surface area contributed by atoms with E-state index in [2.05, 4.69) is 75.3 Å². The number of aromatic amines is 1. The molecule has 8 heterocycles. The van der Waals surface area contributed by atoms with Crippen molar-refractivity contribution in [1.82, 2.24) is 50.4 Å². The van der Waals surface area contributed by atoms with Gasteiger partial charge in [0.05, 0.1) is 48.1 Å². The molecule has 0 saturated heterocycles. The number of fused-ring (bicyclic) bond motifs is 6. The van der Waals surface area contributed by atoms with Gasteiger partial charge < -0.3 is 43.8 Å². The zero-order valence-corrected chi connectivity index (χ0v) is 37.4. The molecule has 352 valence electrons. The van der Waals surface area contributed by atoms with Crippen molar-refractivity contribution in [3.05, 3.63) is 71.2 Å².